The molecule has 0 spiro atoms. The Kier molecular flexibility index (Phi) is 7.10. The molecular formula is C25H22FN5O4. The number of benzene rings is 2. The summed E-state index contributed by atoms with van der Waals surface area (Å²) in [6.45, 7) is -0.0669. The predicted molar refractivity (Wildman–Crippen MR) is 127 cm³/mol. The fourth-order valence-corrected chi connectivity index (χ4v) is 3.44. The molecule has 0 bridgehead atoms. The van der Waals surface area contributed by atoms with Crippen LogP contribution in [0.15, 0.2) is 82.4 Å². The first-order chi connectivity index (χ1) is 16.9. The van der Waals surface area contributed by atoms with Gasteiger partial charge in [-0.3, -0.25) is 14.4 Å². The number of methoxy groups -OCH3 is 1. The van der Waals surface area contributed by atoms with E-state index in [9.17, 15) is 18.8 Å². The quantitative estimate of drug-likeness (QED) is 0.418. The van der Waals surface area contributed by atoms with Crippen LogP contribution in [-0.4, -0.2) is 39.1 Å². The first-order valence-corrected chi connectivity index (χ1v) is 10.8. The number of carbonyl (C=O) groups is 1. The van der Waals surface area contributed by atoms with Gasteiger partial charge in [0.25, 0.3) is 11.1 Å². The van der Waals surface area contributed by atoms with Gasteiger partial charge in [-0.05, 0) is 48.5 Å². The lowest BCUT2D eigenvalue weighted by molar-refractivity contribution is -0.121. The topological polar surface area (TPSA) is 108 Å². The molecule has 1 N–H and O–H groups in total. The van der Waals surface area contributed by atoms with Crippen molar-refractivity contribution in [1.29, 1.82) is 0 Å². The molecule has 0 unspecified atom stereocenters. The molecular weight excluding hydrogens is 453 g/mol. The smallest absolute Gasteiger partial charge is 0.267 e. The number of rotatable bonds is 8. The zero-order valence-corrected chi connectivity index (χ0v) is 18.8. The van der Waals surface area contributed by atoms with Crippen LogP contribution in [0, 0.1) is 5.82 Å². The number of carbonyl (C=O) groups excluding carboxylic acids is 1. The molecule has 0 saturated carbocycles. The Morgan fingerprint density at radius 1 is 0.886 bits per heavy atom. The highest BCUT2D eigenvalue weighted by Gasteiger charge is 2.11. The average Bonchev–Trinajstić information content (AvgIpc) is 2.87. The van der Waals surface area contributed by atoms with Crippen molar-refractivity contribution >= 4 is 5.91 Å². The third-order valence-electron chi connectivity index (χ3n) is 5.20. The van der Waals surface area contributed by atoms with Gasteiger partial charge in [0.15, 0.2) is 0 Å². The zero-order valence-electron chi connectivity index (χ0n) is 18.8. The van der Waals surface area contributed by atoms with Crippen LogP contribution in [0.2, 0.25) is 0 Å². The minimum absolute atomic E-state index is 0.111. The van der Waals surface area contributed by atoms with E-state index < -0.39 is 11.5 Å². The predicted octanol–water partition coefficient (Wildman–Crippen LogP) is 2.10. The Bertz CT molecular complexity index is 1460. The SMILES string of the molecule is COc1ccccc1-c1ccc(=O)n(CC(=O)NCCn2nc(-c3ccc(F)cc3)ccc2=O)n1. The molecule has 35 heavy (non-hydrogen) atoms. The summed E-state index contributed by atoms with van der Waals surface area (Å²) in [4.78, 5) is 36.8. The van der Waals surface area contributed by atoms with Crippen molar-refractivity contribution in [2.75, 3.05) is 13.7 Å². The molecule has 9 nitrogen and oxygen atoms in total. The number of nitrogens with zero attached hydrogens (tertiary/aromatic N) is 4. The van der Waals surface area contributed by atoms with Crippen molar-refractivity contribution in [1.82, 2.24) is 24.9 Å². The number of nitrogens with one attached hydrogen (secondary N) is 1. The Morgan fingerprint density at radius 3 is 2.29 bits per heavy atom. The van der Waals surface area contributed by atoms with Crippen LogP contribution in [0.1, 0.15) is 0 Å². The molecule has 1 amide bonds. The maximum Gasteiger partial charge on any atom is 0.267 e. The van der Waals surface area contributed by atoms with Crippen LogP contribution >= 0.6 is 0 Å². The van der Waals surface area contributed by atoms with Crippen LogP contribution in [0.25, 0.3) is 22.5 Å². The molecule has 2 heterocycles. The highest BCUT2D eigenvalue weighted by atomic mass is 19.1. The molecule has 178 valence electrons. The number of para-hydroxylation sites is 1. The van der Waals surface area contributed by atoms with Gasteiger partial charge >= 0.3 is 0 Å². The lowest BCUT2D eigenvalue weighted by atomic mass is 10.1. The van der Waals surface area contributed by atoms with Gasteiger partial charge in [-0.15, -0.1) is 0 Å². The van der Waals surface area contributed by atoms with E-state index in [0.29, 0.717) is 28.3 Å². The second-order valence-electron chi connectivity index (χ2n) is 7.55. The number of hydrogen-bond donors (Lipinski definition) is 1. The van der Waals surface area contributed by atoms with E-state index in [1.54, 1.807) is 36.4 Å². The standard InChI is InChI=1S/C25H22FN5O4/c1-35-22-5-3-2-4-19(22)21-11-13-25(34)31(29-21)16-23(32)27-14-15-30-24(33)12-10-20(28-30)17-6-8-18(26)9-7-17/h2-13H,14-16H2,1H3,(H,27,32). The zero-order chi connectivity index (χ0) is 24.8. The number of amides is 1. The first kappa shape index (κ1) is 23.6. The van der Waals surface area contributed by atoms with E-state index in [-0.39, 0.29) is 31.0 Å². The number of aromatic nitrogens is 4. The first-order valence-electron chi connectivity index (χ1n) is 10.8. The molecule has 4 aromatic rings. The summed E-state index contributed by atoms with van der Waals surface area (Å²) in [6, 6.07) is 18.8. The molecule has 2 aromatic carbocycles. The van der Waals surface area contributed by atoms with Gasteiger partial charge in [-0.1, -0.05) is 12.1 Å². The van der Waals surface area contributed by atoms with Crippen LogP contribution in [0.5, 0.6) is 5.75 Å². The van der Waals surface area contributed by atoms with Crippen molar-refractivity contribution < 1.29 is 13.9 Å². The summed E-state index contributed by atoms with van der Waals surface area (Å²) in [5.41, 5.74) is 1.57. The molecule has 0 radical (unpaired) electrons. The van der Waals surface area contributed by atoms with Gasteiger partial charge in [0, 0.05) is 29.8 Å². The Hall–Kier alpha value is -4.60. The Labute approximate surface area is 199 Å². The fourth-order valence-electron chi connectivity index (χ4n) is 3.44. The maximum atomic E-state index is 13.2. The van der Waals surface area contributed by atoms with Gasteiger partial charge in [0.1, 0.15) is 18.1 Å². The lowest BCUT2D eigenvalue weighted by Crippen LogP contribution is -2.36. The molecule has 0 aliphatic heterocycles. The third-order valence-corrected chi connectivity index (χ3v) is 5.20. The third kappa shape index (κ3) is 5.67. The lowest BCUT2D eigenvalue weighted by Gasteiger charge is -2.11. The summed E-state index contributed by atoms with van der Waals surface area (Å²) in [5.74, 6) is -0.221. The van der Waals surface area contributed by atoms with Crippen molar-refractivity contribution in [3.8, 4) is 28.3 Å². The molecule has 0 aliphatic rings. The molecule has 0 fully saturated rings. The number of hydrogen-bond acceptors (Lipinski definition) is 6. The van der Waals surface area contributed by atoms with E-state index in [1.165, 1.54) is 36.1 Å². The minimum atomic E-state index is -0.445. The van der Waals surface area contributed by atoms with Crippen LogP contribution < -0.4 is 21.2 Å². The second-order valence-corrected chi connectivity index (χ2v) is 7.55. The largest absolute Gasteiger partial charge is 0.496 e. The van der Waals surface area contributed by atoms with Crippen LogP contribution in [0.4, 0.5) is 4.39 Å². The van der Waals surface area contributed by atoms with Crippen molar-refractivity contribution in [2.45, 2.75) is 13.1 Å². The van der Waals surface area contributed by atoms with Crippen LogP contribution in [0.3, 0.4) is 0 Å². The molecule has 0 saturated heterocycles. The fraction of sp³-hybridized carbons (Fsp3) is 0.160. The minimum Gasteiger partial charge on any atom is -0.496 e. The normalized spacial score (nSPS) is 10.7. The molecule has 10 heteroatoms. The van der Waals surface area contributed by atoms with Gasteiger partial charge in [-0.2, -0.15) is 10.2 Å². The van der Waals surface area contributed by atoms with Crippen molar-refractivity contribution in [2.24, 2.45) is 0 Å². The summed E-state index contributed by atoms with van der Waals surface area (Å²) in [7, 11) is 1.54. The van der Waals surface area contributed by atoms with E-state index in [2.05, 4.69) is 15.5 Å². The van der Waals surface area contributed by atoms with E-state index in [1.807, 2.05) is 12.1 Å². The molecule has 4 rings (SSSR count). The summed E-state index contributed by atoms with van der Waals surface area (Å²) in [6.07, 6.45) is 0. The van der Waals surface area contributed by atoms with Crippen LogP contribution in [-0.2, 0) is 17.9 Å². The van der Waals surface area contributed by atoms with Crippen molar-refractivity contribution in [3.63, 3.8) is 0 Å². The number of ether oxygens (including phenoxy) is 1. The maximum absolute atomic E-state index is 13.2. The van der Waals surface area contributed by atoms with Gasteiger partial charge in [-0.25, -0.2) is 13.8 Å². The Balaban J connectivity index is 1.41. The van der Waals surface area contributed by atoms with Crippen molar-refractivity contribution in [3.05, 3.63) is 99.3 Å². The number of halogens is 1. The monoisotopic (exact) mass is 475 g/mol. The van der Waals surface area contributed by atoms with Gasteiger partial charge < -0.3 is 10.1 Å². The summed E-state index contributed by atoms with van der Waals surface area (Å²) >= 11 is 0. The Morgan fingerprint density at radius 2 is 1.54 bits per heavy atom. The second kappa shape index (κ2) is 10.6. The van der Waals surface area contributed by atoms with E-state index in [0.717, 1.165) is 4.68 Å². The molecule has 0 atom stereocenters. The van der Waals surface area contributed by atoms with E-state index >= 15 is 0 Å². The molecule has 2 aromatic heterocycles. The summed E-state index contributed by atoms with van der Waals surface area (Å²) in [5, 5.41) is 11.2. The highest BCUT2D eigenvalue weighted by molar-refractivity contribution is 5.75. The molecule has 0 aliphatic carbocycles. The summed E-state index contributed by atoms with van der Waals surface area (Å²) < 4.78 is 20.8. The highest BCUT2D eigenvalue weighted by Crippen LogP contribution is 2.27. The van der Waals surface area contributed by atoms with E-state index in [4.69, 9.17) is 4.74 Å². The van der Waals surface area contributed by atoms with Gasteiger partial charge in [0.05, 0.1) is 25.0 Å². The average molecular weight is 475 g/mol. The van der Waals surface area contributed by atoms with Gasteiger partial charge in [0.2, 0.25) is 5.91 Å².